The third-order valence-electron chi connectivity index (χ3n) is 7.26. The van der Waals surface area contributed by atoms with Gasteiger partial charge in [0.2, 0.25) is 5.91 Å². The van der Waals surface area contributed by atoms with Crippen molar-refractivity contribution >= 4 is 5.91 Å². The van der Waals surface area contributed by atoms with Gasteiger partial charge in [-0.2, -0.15) is 0 Å². The van der Waals surface area contributed by atoms with Crippen LogP contribution in [0.1, 0.15) is 104 Å². The number of aliphatic hydroxyl groups excluding tert-OH is 5. The summed E-state index contributed by atoms with van der Waals surface area (Å²) in [6, 6.07) is -0.727. The van der Waals surface area contributed by atoms with Crippen molar-refractivity contribution < 1.29 is 39.8 Å². The molecule has 238 valence electrons. The lowest BCUT2D eigenvalue weighted by molar-refractivity contribution is -0.302. The highest BCUT2D eigenvalue weighted by Crippen LogP contribution is 2.22. The summed E-state index contributed by atoms with van der Waals surface area (Å²) < 4.78 is 11.1. The summed E-state index contributed by atoms with van der Waals surface area (Å²) in [5, 5.41) is 53.4. The van der Waals surface area contributed by atoms with E-state index in [4.69, 9.17) is 9.47 Å². The Morgan fingerprint density at radius 3 is 2.20 bits per heavy atom. The van der Waals surface area contributed by atoms with Crippen LogP contribution in [0, 0.1) is 0 Å². The van der Waals surface area contributed by atoms with E-state index in [0.29, 0.717) is 12.8 Å². The van der Waals surface area contributed by atoms with E-state index >= 15 is 0 Å². The minimum Gasteiger partial charge on any atom is -0.394 e. The number of hydrogen-bond acceptors (Lipinski definition) is 8. The molecule has 1 fully saturated rings. The lowest BCUT2D eigenvalue weighted by atomic mass is 9.99. The maximum atomic E-state index is 12.7. The van der Waals surface area contributed by atoms with Crippen LogP contribution in [-0.4, -0.2) is 87.5 Å². The molecule has 6 N–H and O–H groups in total. The molecule has 1 saturated heterocycles. The second-order valence-corrected chi connectivity index (χ2v) is 10.9. The molecule has 0 aromatic rings. The van der Waals surface area contributed by atoms with Crippen molar-refractivity contribution in [2.24, 2.45) is 0 Å². The normalized spacial score (nSPS) is 24.9. The second kappa shape index (κ2) is 23.9. The SMILES string of the molecule is CC/C=C\C/C=C\C/C=C\CCCCCC(=O)NC(COC1OC(CO)C(O)C(O)C1O)C(O)CCCCCCC. The first-order valence-corrected chi connectivity index (χ1v) is 15.7. The molecule has 1 aliphatic heterocycles. The molecule has 0 aliphatic carbocycles. The molecule has 41 heavy (non-hydrogen) atoms. The molecule has 0 aromatic carbocycles. The largest absolute Gasteiger partial charge is 0.394 e. The number of unbranched alkanes of at least 4 members (excludes halogenated alkanes) is 7. The Kier molecular flexibility index (Phi) is 21.8. The molecular formula is C32H57NO8. The van der Waals surface area contributed by atoms with Crippen LogP contribution in [0.3, 0.4) is 0 Å². The van der Waals surface area contributed by atoms with Gasteiger partial charge in [0.1, 0.15) is 24.4 Å². The monoisotopic (exact) mass is 583 g/mol. The fraction of sp³-hybridized carbons (Fsp3) is 0.781. The Balaban J connectivity index is 2.48. The fourth-order valence-electron chi connectivity index (χ4n) is 4.64. The van der Waals surface area contributed by atoms with Gasteiger partial charge in [0, 0.05) is 6.42 Å². The third-order valence-corrected chi connectivity index (χ3v) is 7.26. The van der Waals surface area contributed by atoms with Gasteiger partial charge in [-0.1, -0.05) is 88.8 Å². The molecule has 7 atom stereocenters. The summed E-state index contributed by atoms with van der Waals surface area (Å²) in [6.45, 7) is 3.55. The van der Waals surface area contributed by atoms with Crippen molar-refractivity contribution in [1.82, 2.24) is 5.32 Å². The summed E-state index contributed by atoms with van der Waals surface area (Å²) in [5.74, 6) is -0.185. The summed E-state index contributed by atoms with van der Waals surface area (Å²) in [6.07, 6.45) is 17.7. The highest BCUT2D eigenvalue weighted by molar-refractivity contribution is 5.76. The van der Waals surface area contributed by atoms with E-state index in [0.717, 1.165) is 77.0 Å². The molecular weight excluding hydrogens is 526 g/mol. The molecule has 1 heterocycles. The Morgan fingerprint density at radius 1 is 0.854 bits per heavy atom. The molecule has 0 bridgehead atoms. The third kappa shape index (κ3) is 16.6. The molecule has 0 radical (unpaired) electrons. The topological polar surface area (TPSA) is 149 Å². The zero-order valence-corrected chi connectivity index (χ0v) is 25.3. The lowest BCUT2D eigenvalue weighted by Gasteiger charge is -2.40. The average Bonchev–Trinajstić information content (AvgIpc) is 2.97. The maximum absolute atomic E-state index is 12.7. The number of aliphatic hydroxyl groups is 5. The predicted octanol–water partition coefficient (Wildman–Crippen LogP) is 3.82. The van der Waals surface area contributed by atoms with Crippen LogP contribution in [-0.2, 0) is 14.3 Å². The van der Waals surface area contributed by atoms with Crippen molar-refractivity contribution in [2.45, 2.75) is 147 Å². The average molecular weight is 584 g/mol. The van der Waals surface area contributed by atoms with Crippen LogP contribution < -0.4 is 5.32 Å². The first-order valence-electron chi connectivity index (χ1n) is 15.7. The Labute approximate surface area is 247 Å². The van der Waals surface area contributed by atoms with E-state index in [2.05, 4.69) is 55.6 Å². The van der Waals surface area contributed by atoms with Gasteiger partial charge < -0.3 is 40.3 Å². The predicted molar refractivity (Wildman–Crippen MR) is 161 cm³/mol. The number of amides is 1. The molecule has 0 aromatic heterocycles. The Hall–Kier alpha value is -1.59. The number of carbonyl (C=O) groups is 1. The number of allylic oxidation sites excluding steroid dienone is 6. The number of hydrogen-bond donors (Lipinski definition) is 6. The van der Waals surface area contributed by atoms with Crippen LogP contribution in [0.2, 0.25) is 0 Å². The second-order valence-electron chi connectivity index (χ2n) is 10.9. The summed E-state index contributed by atoms with van der Waals surface area (Å²) in [5.41, 5.74) is 0. The van der Waals surface area contributed by atoms with Gasteiger partial charge in [-0.15, -0.1) is 0 Å². The Bertz CT molecular complexity index is 741. The molecule has 1 amide bonds. The quantitative estimate of drug-likeness (QED) is 0.0786. The molecule has 9 nitrogen and oxygen atoms in total. The van der Waals surface area contributed by atoms with E-state index in [-0.39, 0.29) is 12.5 Å². The van der Waals surface area contributed by atoms with E-state index in [9.17, 15) is 30.3 Å². The van der Waals surface area contributed by atoms with E-state index in [1.807, 2.05) is 0 Å². The van der Waals surface area contributed by atoms with Crippen molar-refractivity contribution in [3.63, 3.8) is 0 Å². The highest BCUT2D eigenvalue weighted by Gasteiger charge is 2.44. The number of carbonyl (C=O) groups excluding carboxylic acids is 1. The molecule has 0 spiro atoms. The number of ether oxygens (including phenoxy) is 2. The van der Waals surface area contributed by atoms with Gasteiger partial charge >= 0.3 is 0 Å². The molecule has 7 unspecified atom stereocenters. The zero-order valence-electron chi connectivity index (χ0n) is 25.3. The fourth-order valence-corrected chi connectivity index (χ4v) is 4.64. The van der Waals surface area contributed by atoms with Crippen LogP contribution in [0.5, 0.6) is 0 Å². The number of nitrogens with one attached hydrogen (secondary N) is 1. The first kappa shape index (κ1) is 37.4. The highest BCUT2D eigenvalue weighted by atomic mass is 16.7. The van der Waals surface area contributed by atoms with E-state index in [1.165, 1.54) is 0 Å². The van der Waals surface area contributed by atoms with E-state index in [1.54, 1.807) is 0 Å². The van der Waals surface area contributed by atoms with E-state index < -0.39 is 49.5 Å². The van der Waals surface area contributed by atoms with Gasteiger partial charge in [-0.05, 0) is 44.9 Å². The summed E-state index contributed by atoms with van der Waals surface area (Å²) in [7, 11) is 0. The van der Waals surface area contributed by atoms with Gasteiger partial charge in [0.05, 0.1) is 25.4 Å². The number of rotatable bonds is 23. The standard InChI is InChI=1S/C32H57NO8/c1-3-5-7-9-10-11-12-13-14-15-16-18-20-22-28(36)33-25(26(35)21-19-17-8-6-4-2)24-40-32-31(39)30(38)29(37)27(23-34)41-32/h5,7,10-11,13-14,25-27,29-32,34-35,37-39H,3-4,6,8-9,12,15-24H2,1-2H3,(H,33,36)/b7-5-,11-10-,14-13-. The van der Waals surface area contributed by atoms with Crippen LogP contribution in [0.4, 0.5) is 0 Å². The minimum atomic E-state index is -1.55. The molecule has 9 heteroatoms. The van der Waals surface area contributed by atoms with Gasteiger partial charge in [-0.25, -0.2) is 0 Å². The van der Waals surface area contributed by atoms with Crippen LogP contribution in [0.25, 0.3) is 0 Å². The molecule has 1 rings (SSSR count). The van der Waals surface area contributed by atoms with Crippen molar-refractivity contribution in [3.8, 4) is 0 Å². The molecule has 0 saturated carbocycles. The Morgan fingerprint density at radius 2 is 1.51 bits per heavy atom. The van der Waals surface area contributed by atoms with Crippen molar-refractivity contribution in [1.29, 1.82) is 0 Å². The van der Waals surface area contributed by atoms with Gasteiger partial charge in [0.15, 0.2) is 6.29 Å². The van der Waals surface area contributed by atoms with Crippen molar-refractivity contribution in [2.75, 3.05) is 13.2 Å². The smallest absolute Gasteiger partial charge is 0.220 e. The first-order chi connectivity index (χ1) is 19.8. The van der Waals surface area contributed by atoms with Crippen LogP contribution in [0.15, 0.2) is 36.5 Å². The summed E-state index contributed by atoms with van der Waals surface area (Å²) in [4.78, 5) is 12.7. The maximum Gasteiger partial charge on any atom is 0.220 e. The molecule has 1 aliphatic rings. The van der Waals surface area contributed by atoms with Gasteiger partial charge in [-0.3, -0.25) is 4.79 Å². The minimum absolute atomic E-state index is 0.154. The van der Waals surface area contributed by atoms with Gasteiger partial charge in [0.25, 0.3) is 0 Å². The van der Waals surface area contributed by atoms with Crippen molar-refractivity contribution in [3.05, 3.63) is 36.5 Å². The van der Waals surface area contributed by atoms with Crippen LogP contribution >= 0.6 is 0 Å². The lowest BCUT2D eigenvalue weighted by Crippen LogP contribution is -2.60. The zero-order chi connectivity index (χ0) is 30.3. The summed E-state index contributed by atoms with van der Waals surface area (Å²) >= 11 is 0.